The van der Waals surface area contributed by atoms with Gasteiger partial charge in [0.1, 0.15) is 17.8 Å². The quantitative estimate of drug-likeness (QED) is 0.535. The molecule has 0 aromatic heterocycles. The van der Waals surface area contributed by atoms with Gasteiger partial charge < -0.3 is 25.0 Å². The minimum absolute atomic E-state index is 0.235. The van der Waals surface area contributed by atoms with Gasteiger partial charge in [-0.05, 0) is 62.1 Å². The van der Waals surface area contributed by atoms with E-state index in [1.54, 1.807) is 18.4 Å². The number of rotatable bonds is 10. The first-order chi connectivity index (χ1) is 15.8. The van der Waals surface area contributed by atoms with Crippen LogP contribution in [0.3, 0.4) is 0 Å². The molecule has 1 saturated heterocycles. The summed E-state index contributed by atoms with van der Waals surface area (Å²) in [5.74, 6) is 1.34. The number of nitrogens with zero attached hydrogens (tertiary/aromatic N) is 1. The molecule has 0 radical (unpaired) electrons. The Balaban J connectivity index is 1.15. The summed E-state index contributed by atoms with van der Waals surface area (Å²) in [7, 11) is 0. The molecule has 0 unspecified atom stereocenters. The molecule has 0 saturated carbocycles. The molecule has 1 fully saturated rings. The highest BCUT2D eigenvalue weighted by atomic mass is 19.1. The molecule has 0 spiro atoms. The van der Waals surface area contributed by atoms with Crippen molar-refractivity contribution in [2.75, 3.05) is 26.2 Å². The lowest BCUT2D eigenvalue weighted by Gasteiger charge is -2.33. The molecule has 2 heterocycles. The second-order valence-electron chi connectivity index (χ2n) is 8.30. The van der Waals surface area contributed by atoms with Gasteiger partial charge in [-0.3, -0.25) is 0 Å². The number of likely N-dealkylation sites (tertiary alicyclic amines) is 1. The fraction of sp³-hybridized carbons (Fsp3) is 0.385. The van der Waals surface area contributed by atoms with Crippen LogP contribution < -0.4 is 15.4 Å². The minimum atomic E-state index is -0.235. The predicted octanol–water partition coefficient (Wildman–Crippen LogP) is 4.54. The average Bonchev–Trinajstić information content (AvgIpc) is 2.83. The molecule has 6 heteroatoms. The van der Waals surface area contributed by atoms with Crippen LogP contribution in [0.25, 0.3) is 0 Å². The van der Waals surface area contributed by atoms with E-state index in [4.69, 9.17) is 9.47 Å². The van der Waals surface area contributed by atoms with Crippen molar-refractivity contribution in [1.29, 1.82) is 0 Å². The maximum absolute atomic E-state index is 12.9. The van der Waals surface area contributed by atoms with E-state index < -0.39 is 0 Å². The van der Waals surface area contributed by atoms with Gasteiger partial charge in [-0.25, -0.2) is 4.39 Å². The van der Waals surface area contributed by atoms with Crippen LogP contribution >= 0.6 is 0 Å². The van der Waals surface area contributed by atoms with E-state index in [0.29, 0.717) is 12.6 Å². The third-order valence-electron chi connectivity index (χ3n) is 5.88. The summed E-state index contributed by atoms with van der Waals surface area (Å²) in [6.07, 6.45) is 8.64. The fourth-order valence-electron chi connectivity index (χ4n) is 4.07. The highest BCUT2D eigenvalue weighted by molar-refractivity contribution is 5.25. The Morgan fingerprint density at radius 2 is 1.81 bits per heavy atom. The number of piperidine rings is 1. The highest BCUT2D eigenvalue weighted by Crippen LogP contribution is 2.18. The van der Waals surface area contributed by atoms with E-state index in [1.165, 1.54) is 17.7 Å². The minimum Gasteiger partial charge on any atom is -0.494 e. The standard InChI is InChI=1S/C26H32FN3O2/c27-22-8-10-24(11-9-22)31-18-5-4-15-30-16-12-23(13-17-30)29-26-25(28-14-19-32-26)20-21-6-2-1-3-7-21/h1-3,6-11,14,19,23,28-29H,4-5,12-13,15-18,20H2. The van der Waals surface area contributed by atoms with Gasteiger partial charge in [-0.1, -0.05) is 30.3 Å². The summed E-state index contributed by atoms with van der Waals surface area (Å²) in [5.41, 5.74) is 2.33. The molecule has 2 aliphatic rings. The zero-order valence-corrected chi connectivity index (χ0v) is 18.4. The van der Waals surface area contributed by atoms with Crippen LogP contribution in [-0.2, 0) is 11.2 Å². The smallest absolute Gasteiger partial charge is 0.212 e. The lowest BCUT2D eigenvalue weighted by molar-refractivity contribution is 0.179. The van der Waals surface area contributed by atoms with Gasteiger partial charge in [-0.2, -0.15) is 0 Å². The van der Waals surface area contributed by atoms with Gasteiger partial charge >= 0.3 is 0 Å². The Kier molecular flexibility index (Phi) is 8.04. The van der Waals surface area contributed by atoms with Crippen molar-refractivity contribution in [1.82, 2.24) is 15.5 Å². The molecule has 32 heavy (non-hydrogen) atoms. The summed E-state index contributed by atoms with van der Waals surface area (Å²) in [6.45, 7) is 3.92. The summed E-state index contributed by atoms with van der Waals surface area (Å²) in [4.78, 5) is 2.52. The van der Waals surface area contributed by atoms with Crippen LogP contribution in [0, 0.1) is 5.82 Å². The molecule has 2 aliphatic heterocycles. The van der Waals surface area contributed by atoms with Crippen LogP contribution in [0.4, 0.5) is 4.39 Å². The van der Waals surface area contributed by atoms with Gasteiger partial charge in [-0.15, -0.1) is 0 Å². The van der Waals surface area contributed by atoms with Crippen molar-refractivity contribution in [3.05, 3.63) is 90.0 Å². The van der Waals surface area contributed by atoms with E-state index in [1.807, 2.05) is 12.3 Å². The Morgan fingerprint density at radius 3 is 2.59 bits per heavy atom. The highest BCUT2D eigenvalue weighted by Gasteiger charge is 2.22. The van der Waals surface area contributed by atoms with Gasteiger partial charge in [0.2, 0.25) is 5.88 Å². The van der Waals surface area contributed by atoms with E-state index in [2.05, 4.69) is 39.8 Å². The summed E-state index contributed by atoms with van der Waals surface area (Å²) >= 11 is 0. The maximum Gasteiger partial charge on any atom is 0.212 e. The largest absolute Gasteiger partial charge is 0.494 e. The Morgan fingerprint density at radius 1 is 1.03 bits per heavy atom. The van der Waals surface area contributed by atoms with Crippen LogP contribution in [-0.4, -0.2) is 37.2 Å². The van der Waals surface area contributed by atoms with Crippen LogP contribution in [0.2, 0.25) is 0 Å². The third-order valence-corrected chi connectivity index (χ3v) is 5.88. The predicted molar refractivity (Wildman–Crippen MR) is 124 cm³/mol. The molecular weight excluding hydrogens is 405 g/mol. The summed E-state index contributed by atoms with van der Waals surface area (Å²) in [6, 6.07) is 17.1. The molecular formula is C26H32FN3O2. The lowest BCUT2D eigenvalue weighted by atomic mass is 10.0. The van der Waals surface area contributed by atoms with E-state index in [9.17, 15) is 4.39 Å². The van der Waals surface area contributed by atoms with Crippen molar-refractivity contribution >= 4 is 0 Å². The molecule has 0 amide bonds. The Labute approximate surface area is 189 Å². The van der Waals surface area contributed by atoms with E-state index in [0.717, 1.165) is 69.1 Å². The molecule has 4 rings (SSSR count). The molecule has 0 bridgehead atoms. The van der Waals surface area contributed by atoms with Crippen LogP contribution in [0.5, 0.6) is 5.75 Å². The van der Waals surface area contributed by atoms with Crippen molar-refractivity contribution in [3.8, 4) is 5.75 Å². The molecule has 2 aromatic carbocycles. The van der Waals surface area contributed by atoms with Gasteiger partial charge in [0.05, 0.1) is 12.3 Å². The summed E-state index contributed by atoms with van der Waals surface area (Å²) < 4.78 is 24.4. The van der Waals surface area contributed by atoms with Gasteiger partial charge in [0.25, 0.3) is 0 Å². The molecule has 0 atom stereocenters. The van der Waals surface area contributed by atoms with Crippen LogP contribution in [0.1, 0.15) is 31.2 Å². The second kappa shape index (κ2) is 11.6. The number of halogens is 1. The van der Waals surface area contributed by atoms with Crippen molar-refractivity contribution in [2.45, 2.75) is 38.1 Å². The number of hydrogen-bond acceptors (Lipinski definition) is 5. The van der Waals surface area contributed by atoms with Gasteiger partial charge in [0.15, 0.2) is 0 Å². The lowest BCUT2D eigenvalue weighted by Crippen LogP contribution is -2.43. The number of nitrogens with one attached hydrogen (secondary N) is 2. The van der Waals surface area contributed by atoms with E-state index >= 15 is 0 Å². The van der Waals surface area contributed by atoms with E-state index in [-0.39, 0.29) is 5.82 Å². The zero-order chi connectivity index (χ0) is 22.0. The molecule has 0 aliphatic carbocycles. The number of allylic oxidation sites excluding steroid dienone is 1. The fourth-order valence-corrected chi connectivity index (χ4v) is 4.07. The van der Waals surface area contributed by atoms with Crippen molar-refractivity contribution in [3.63, 3.8) is 0 Å². The molecule has 2 aromatic rings. The number of unbranched alkanes of at least 4 members (excludes halogenated alkanes) is 1. The summed E-state index contributed by atoms with van der Waals surface area (Å²) in [5, 5.41) is 6.96. The number of hydrogen-bond donors (Lipinski definition) is 2. The average molecular weight is 438 g/mol. The second-order valence-corrected chi connectivity index (χ2v) is 8.30. The third kappa shape index (κ3) is 6.76. The monoisotopic (exact) mass is 437 g/mol. The van der Waals surface area contributed by atoms with Gasteiger partial charge in [0, 0.05) is 31.8 Å². The first-order valence-electron chi connectivity index (χ1n) is 11.5. The van der Waals surface area contributed by atoms with Crippen molar-refractivity contribution < 1.29 is 13.9 Å². The first-order valence-corrected chi connectivity index (χ1v) is 11.5. The van der Waals surface area contributed by atoms with Crippen molar-refractivity contribution in [2.24, 2.45) is 0 Å². The Hall–Kier alpha value is -2.99. The zero-order valence-electron chi connectivity index (χ0n) is 18.4. The number of ether oxygens (including phenoxy) is 2. The first kappa shape index (κ1) is 22.2. The molecule has 2 N–H and O–H groups in total. The number of benzene rings is 2. The normalized spacial score (nSPS) is 17.0. The molecule has 170 valence electrons. The molecule has 5 nitrogen and oxygen atoms in total. The maximum atomic E-state index is 12.9. The SMILES string of the molecule is Fc1ccc(OCCCCN2CCC(NC3=C(Cc4ccccc4)NC=CO3)CC2)cc1. The Bertz CT molecular complexity index is 891. The van der Waals surface area contributed by atoms with Crippen LogP contribution in [0.15, 0.2) is 78.6 Å². The topological polar surface area (TPSA) is 45.8 Å².